The molecule has 0 aromatic carbocycles. The Morgan fingerprint density at radius 2 is 2.00 bits per heavy atom. The fourth-order valence-corrected chi connectivity index (χ4v) is 2.01. The van der Waals surface area contributed by atoms with Gasteiger partial charge in [0.25, 0.3) is 0 Å². The van der Waals surface area contributed by atoms with Gasteiger partial charge >= 0.3 is 0 Å². The SMILES string of the molecule is CCC(C)C(NC)c1ccc(C)nc1C. The van der Waals surface area contributed by atoms with Gasteiger partial charge in [-0.2, -0.15) is 0 Å². The van der Waals surface area contributed by atoms with Gasteiger partial charge in [0.05, 0.1) is 0 Å². The summed E-state index contributed by atoms with van der Waals surface area (Å²) in [6.45, 7) is 8.63. The molecule has 15 heavy (non-hydrogen) atoms. The predicted molar refractivity (Wildman–Crippen MR) is 65.0 cm³/mol. The zero-order valence-corrected chi connectivity index (χ0v) is 10.5. The molecule has 0 saturated carbocycles. The summed E-state index contributed by atoms with van der Waals surface area (Å²) in [6, 6.07) is 4.71. The van der Waals surface area contributed by atoms with Crippen molar-refractivity contribution >= 4 is 0 Å². The van der Waals surface area contributed by atoms with Crippen LogP contribution in [0.5, 0.6) is 0 Å². The molecule has 0 fully saturated rings. The lowest BCUT2D eigenvalue weighted by Gasteiger charge is -2.24. The molecule has 0 spiro atoms. The predicted octanol–water partition coefficient (Wildman–Crippen LogP) is 3.01. The Kier molecular flexibility index (Phi) is 4.28. The van der Waals surface area contributed by atoms with Gasteiger partial charge in [-0.25, -0.2) is 0 Å². The monoisotopic (exact) mass is 206 g/mol. The second-order valence-corrected chi connectivity index (χ2v) is 4.28. The van der Waals surface area contributed by atoms with Crippen molar-refractivity contribution in [3.63, 3.8) is 0 Å². The Labute approximate surface area is 93.1 Å². The lowest BCUT2D eigenvalue weighted by Crippen LogP contribution is -2.24. The Morgan fingerprint density at radius 1 is 1.33 bits per heavy atom. The van der Waals surface area contributed by atoms with Gasteiger partial charge in [-0.3, -0.25) is 4.98 Å². The highest BCUT2D eigenvalue weighted by Gasteiger charge is 2.18. The Morgan fingerprint density at radius 3 is 2.47 bits per heavy atom. The van der Waals surface area contributed by atoms with Crippen molar-refractivity contribution in [2.24, 2.45) is 5.92 Å². The molecule has 1 heterocycles. The normalized spacial score (nSPS) is 15.0. The van der Waals surface area contributed by atoms with Crippen LogP contribution in [0.15, 0.2) is 12.1 Å². The third kappa shape index (κ3) is 2.78. The minimum atomic E-state index is 0.420. The van der Waals surface area contributed by atoms with Gasteiger partial charge in [-0.1, -0.05) is 26.3 Å². The molecular weight excluding hydrogens is 184 g/mol. The number of rotatable bonds is 4. The van der Waals surface area contributed by atoms with E-state index in [-0.39, 0.29) is 0 Å². The number of hydrogen-bond donors (Lipinski definition) is 1. The molecule has 1 aromatic heterocycles. The van der Waals surface area contributed by atoms with Crippen molar-refractivity contribution in [3.8, 4) is 0 Å². The smallest absolute Gasteiger partial charge is 0.0423 e. The van der Waals surface area contributed by atoms with Crippen molar-refractivity contribution in [2.45, 2.75) is 40.2 Å². The summed E-state index contributed by atoms with van der Waals surface area (Å²) in [5.74, 6) is 0.637. The van der Waals surface area contributed by atoms with E-state index in [4.69, 9.17) is 0 Å². The number of hydrogen-bond acceptors (Lipinski definition) is 2. The summed E-state index contributed by atoms with van der Waals surface area (Å²) in [5, 5.41) is 3.39. The summed E-state index contributed by atoms with van der Waals surface area (Å²) in [4.78, 5) is 4.52. The molecule has 2 nitrogen and oxygen atoms in total. The topological polar surface area (TPSA) is 24.9 Å². The molecule has 0 amide bonds. The molecular formula is C13H22N2. The van der Waals surface area contributed by atoms with Crippen LogP contribution in [0.1, 0.15) is 43.3 Å². The first kappa shape index (κ1) is 12.2. The molecule has 0 bridgehead atoms. The third-order valence-corrected chi connectivity index (χ3v) is 3.12. The molecule has 2 unspecified atom stereocenters. The maximum absolute atomic E-state index is 4.52. The van der Waals surface area contributed by atoms with Crippen LogP contribution in [0.25, 0.3) is 0 Å². The van der Waals surface area contributed by atoms with Gasteiger partial charge in [0.15, 0.2) is 0 Å². The molecule has 1 rings (SSSR count). The van der Waals surface area contributed by atoms with E-state index in [1.165, 1.54) is 12.0 Å². The van der Waals surface area contributed by atoms with Gasteiger partial charge in [0.1, 0.15) is 0 Å². The van der Waals surface area contributed by atoms with E-state index in [0.717, 1.165) is 11.4 Å². The highest BCUT2D eigenvalue weighted by atomic mass is 14.9. The van der Waals surface area contributed by atoms with Crippen molar-refractivity contribution < 1.29 is 0 Å². The molecule has 0 aliphatic carbocycles. The van der Waals surface area contributed by atoms with E-state index in [2.05, 4.69) is 43.2 Å². The second-order valence-electron chi connectivity index (χ2n) is 4.28. The summed E-state index contributed by atoms with van der Waals surface area (Å²) >= 11 is 0. The highest BCUT2D eigenvalue weighted by molar-refractivity contribution is 5.25. The number of pyridine rings is 1. The van der Waals surface area contributed by atoms with Crippen LogP contribution in [0.4, 0.5) is 0 Å². The van der Waals surface area contributed by atoms with E-state index in [0.29, 0.717) is 12.0 Å². The van der Waals surface area contributed by atoms with Crippen LogP contribution < -0.4 is 5.32 Å². The molecule has 84 valence electrons. The molecule has 0 aliphatic rings. The van der Waals surface area contributed by atoms with Gasteiger partial charge in [-0.15, -0.1) is 0 Å². The van der Waals surface area contributed by atoms with E-state index in [1.807, 2.05) is 14.0 Å². The van der Waals surface area contributed by atoms with Gasteiger partial charge in [0, 0.05) is 17.4 Å². The lowest BCUT2D eigenvalue weighted by molar-refractivity contribution is 0.398. The summed E-state index contributed by atoms with van der Waals surface area (Å²) in [5.41, 5.74) is 3.57. The second kappa shape index (κ2) is 5.26. The molecule has 2 atom stereocenters. The zero-order chi connectivity index (χ0) is 11.4. The number of aromatic nitrogens is 1. The van der Waals surface area contributed by atoms with E-state index < -0.39 is 0 Å². The van der Waals surface area contributed by atoms with Crippen LogP contribution in [0.3, 0.4) is 0 Å². The molecule has 1 aromatic rings. The molecule has 2 heteroatoms. The fraction of sp³-hybridized carbons (Fsp3) is 0.615. The first-order chi connectivity index (χ1) is 7.10. The average Bonchev–Trinajstić information content (AvgIpc) is 2.21. The zero-order valence-electron chi connectivity index (χ0n) is 10.5. The largest absolute Gasteiger partial charge is 0.313 e. The minimum Gasteiger partial charge on any atom is -0.313 e. The first-order valence-corrected chi connectivity index (χ1v) is 5.71. The van der Waals surface area contributed by atoms with Crippen LogP contribution in [-0.2, 0) is 0 Å². The number of aryl methyl sites for hydroxylation is 2. The van der Waals surface area contributed by atoms with E-state index >= 15 is 0 Å². The van der Waals surface area contributed by atoms with Gasteiger partial charge in [-0.05, 0) is 38.4 Å². The molecule has 0 aliphatic heterocycles. The minimum absolute atomic E-state index is 0.420. The lowest BCUT2D eigenvalue weighted by atomic mass is 9.91. The number of nitrogens with zero attached hydrogens (tertiary/aromatic N) is 1. The standard InChI is InChI=1S/C13H22N2/c1-6-9(2)13(14-5)12-8-7-10(3)15-11(12)4/h7-9,13-14H,6H2,1-5H3. The Hall–Kier alpha value is -0.890. The van der Waals surface area contributed by atoms with E-state index in [1.54, 1.807) is 0 Å². The maximum atomic E-state index is 4.52. The van der Waals surface area contributed by atoms with Crippen LogP contribution >= 0.6 is 0 Å². The Balaban J connectivity index is 3.01. The van der Waals surface area contributed by atoms with Crippen molar-refractivity contribution in [3.05, 3.63) is 29.1 Å². The quantitative estimate of drug-likeness (QED) is 0.819. The average molecular weight is 206 g/mol. The summed E-state index contributed by atoms with van der Waals surface area (Å²) in [6.07, 6.45) is 1.18. The van der Waals surface area contributed by atoms with Crippen LogP contribution in [0.2, 0.25) is 0 Å². The van der Waals surface area contributed by atoms with Gasteiger partial charge < -0.3 is 5.32 Å². The molecule has 1 N–H and O–H groups in total. The van der Waals surface area contributed by atoms with Crippen LogP contribution in [0, 0.1) is 19.8 Å². The molecule has 0 radical (unpaired) electrons. The summed E-state index contributed by atoms with van der Waals surface area (Å²) < 4.78 is 0. The van der Waals surface area contributed by atoms with Crippen molar-refractivity contribution in [2.75, 3.05) is 7.05 Å². The first-order valence-electron chi connectivity index (χ1n) is 5.71. The Bertz CT molecular complexity index is 320. The van der Waals surface area contributed by atoms with Crippen molar-refractivity contribution in [1.29, 1.82) is 0 Å². The number of nitrogens with one attached hydrogen (secondary N) is 1. The van der Waals surface area contributed by atoms with Crippen LogP contribution in [-0.4, -0.2) is 12.0 Å². The molecule has 0 saturated heterocycles. The summed E-state index contributed by atoms with van der Waals surface area (Å²) in [7, 11) is 2.02. The third-order valence-electron chi connectivity index (χ3n) is 3.12. The van der Waals surface area contributed by atoms with E-state index in [9.17, 15) is 0 Å². The fourth-order valence-electron chi connectivity index (χ4n) is 2.01. The van der Waals surface area contributed by atoms with Gasteiger partial charge in [0.2, 0.25) is 0 Å². The van der Waals surface area contributed by atoms with Crippen molar-refractivity contribution in [1.82, 2.24) is 10.3 Å². The highest BCUT2D eigenvalue weighted by Crippen LogP contribution is 2.25. The maximum Gasteiger partial charge on any atom is 0.0423 e.